The van der Waals surface area contributed by atoms with Crippen LogP contribution in [0.2, 0.25) is 0 Å². The maximum atomic E-state index is 4.83. The SMILES string of the molecule is c1cnnc(N2CCC(Nc3nc(C4CC4)nc4[nH]ccc34)CC2)c1. The first-order valence-corrected chi connectivity index (χ1v) is 9.01. The Morgan fingerprint density at radius 1 is 1.08 bits per heavy atom. The van der Waals surface area contributed by atoms with Gasteiger partial charge in [-0.15, -0.1) is 5.10 Å². The lowest BCUT2D eigenvalue weighted by Crippen LogP contribution is -2.39. The third-order valence-electron chi connectivity index (χ3n) is 5.09. The molecule has 128 valence electrons. The van der Waals surface area contributed by atoms with Crippen molar-refractivity contribution in [2.75, 3.05) is 23.3 Å². The molecule has 1 aliphatic carbocycles. The number of H-pyrrole nitrogens is 1. The minimum absolute atomic E-state index is 0.424. The molecule has 7 nitrogen and oxygen atoms in total. The molecule has 3 aromatic rings. The molecule has 0 spiro atoms. The van der Waals surface area contributed by atoms with Gasteiger partial charge in [-0.2, -0.15) is 5.10 Å². The summed E-state index contributed by atoms with van der Waals surface area (Å²) in [4.78, 5) is 15.0. The van der Waals surface area contributed by atoms with E-state index in [9.17, 15) is 0 Å². The summed E-state index contributed by atoms with van der Waals surface area (Å²) in [6.07, 6.45) is 8.20. The normalized spacial score (nSPS) is 18.6. The van der Waals surface area contributed by atoms with Gasteiger partial charge in [-0.05, 0) is 43.9 Å². The fraction of sp³-hybridized carbons (Fsp3) is 0.444. The number of piperidine rings is 1. The molecular weight excluding hydrogens is 314 g/mol. The van der Waals surface area contributed by atoms with Crippen LogP contribution in [0.5, 0.6) is 0 Å². The predicted molar refractivity (Wildman–Crippen MR) is 96.8 cm³/mol. The van der Waals surface area contributed by atoms with Crippen LogP contribution in [-0.2, 0) is 0 Å². The Morgan fingerprint density at radius 2 is 1.96 bits per heavy atom. The number of aromatic amines is 1. The van der Waals surface area contributed by atoms with Crippen LogP contribution < -0.4 is 10.2 Å². The second-order valence-electron chi connectivity index (χ2n) is 6.93. The van der Waals surface area contributed by atoms with E-state index in [1.54, 1.807) is 6.20 Å². The number of nitrogens with zero attached hydrogens (tertiary/aromatic N) is 5. The maximum absolute atomic E-state index is 4.83. The third-order valence-corrected chi connectivity index (χ3v) is 5.09. The number of rotatable bonds is 4. The summed E-state index contributed by atoms with van der Waals surface area (Å²) in [6, 6.07) is 6.45. The highest BCUT2D eigenvalue weighted by Crippen LogP contribution is 2.39. The second kappa shape index (κ2) is 5.98. The predicted octanol–water partition coefficient (Wildman–Crippen LogP) is 2.71. The van der Waals surface area contributed by atoms with Crippen molar-refractivity contribution in [1.29, 1.82) is 0 Å². The zero-order valence-electron chi connectivity index (χ0n) is 14.0. The number of nitrogens with one attached hydrogen (secondary N) is 2. The van der Waals surface area contributed by atoms with E-state index < -0.39 is 0 Å². The zero-order valence-corrected chi connectivity index (χ0v) is 14.0. The fourth-order valence-electron chi connectivity index (χ4n) is 3.50. The molecule has 3 aromatic heterocycles. The van der Waals surface area contributed by atoms with Gasteiger partial charge in [-0.3, -0.25) is 0 Å². The molecule has 0 radical (unpaired) electrons. The Balaban J connectivity index is 1.31. The third kappa shape index (κ3) is 2.90. The van der Waals surface area contributed by atoms with Gasteiger partial charge >= 0.3 is 0 Å². The minimum Gasteiger partial charge on any atom is -0.367 e. The van der Waals surface area contributed by atoms with Crippen molar-refractivity contribution < 1.29 is 0 Å². The summed E-state index contributed by atoms with van der Waals surface area (Å²) >= 11 is 0. The summed E-state index contributed by atoms with van der Waals surface area (Å²) in [7, 11) is 0. The smallest absolute Gasteiger partial charge is 0.151 e. The molecule has 5 rings (SSSR count). The quantitative estimate of drug-likeness (QED) is 0.763. The van der Waals surface area contributed by atoms with Gasteiger partial charge in [-0.25, -0.2) is 9.97 Å². The van der Waals surface area contributed by atoms with Gasteiger partial charge in [0.1, 0.15) is 17.3 Å². The van der Waals surface area contributed by atoms with E-state index in [0.717, 1.165) is 54.4 Å². The largest absolute Gasteiger partial charge is 0.367 e. The summed E-state index contributed by atoms with van der Waals surface area (Å²) in [5.41, 5.74) is 0.941. The van der Waals surface area contributed by atoms with Crippen LogP contribution in [0.1, 0.15) is 37.4 Å². The van der Waals surface area contributed by atoms with Crippen LogP contribution in [0.25, 0.3) is 11.0 Å². The molecule has 0 bridgehead atoms. The van der Waals surface area contributed by atoms with Gasteiger partial charge in [0.05, 0.1) is 5.39 Å². The number of aromatic nitrogens is 5. The van der Waals surface area contributed by atoms with Crippen molar-refractivity contribution in [3.63, 3.8) is 0 Å². The Bertz CT molecular complexity index is 864. The maximum Gasteiger partial charge on any atom is 0.151 e. The standard InChI is InChI=1S/C18H21N7/c1-2-15(24-20-8-1)25-10-6-13(7-11-25)21-18-14-5-9-19-17(14)22-16(23-18)12-3-4-12/h1-2,5,8-9,12-13H,3-4,6-7,10-11H2,(H2,19,21,22,23). The van der Waals surface area contributed by atoms with Gasteiger partial charge in [-0.1, -0.05) is 0 Å². The fourth-order valence-corrected chi connectivity index (χ4v) is 3.50. The lowest BCUT2D eigenvalue weighted by Gasteiger charge is -2.33. The number of hydrogen-bond donors (Lipinski definition) is 2. The van der Waals surface area contributed by atoms with E-state index in [-0.39, 0.29) is 0 Å². The molecule has 0 atom stereocenters. The highest BCUT2D eigenvalue weighted by Gasteiger charge is 2.28. The first-order valence-electron chi connectivity index (χ1n) is 9.01. The van der Waals surface area contributed by atoms with Gasteiger partial charge in [0.15, 0.2) is 5.82 Å². The zero-order chi connectivity index (χ0) is 16.6. The lowest BCUT2D eigenvalue weighted by molar-refractivity contribution is 0.521. The van der Waals surface area contributed by atoms with Gasteiger partial charge in [0.2, 0.25) is 0 Å². The second-order valence-corrected chi connectivity index (χ2v) is 6.93. The first kappa shape index (κ1) is 14.6. The van der Waals surface area contributed by atoms with Crippen molar-refractivity contribution in [3.05, 3.63) is 36.4 Å². The summed E-state index contributed by atoms with van der Waals surface area (Å²) in [6.45, 7) is 1.96. The summed E-state index contributed by atoms with van der Waals surface area (Å²) in [5.74, 6) is 3.47. The van der Waals surface area contributed by atoms with Crippen LogP contribution in [0.4, 0.5) is 11.6 Å². The molecule has 2 fully saturated rings. The number of hydrogen-bond acceptors (Lipinski definition) is 6. The Labute approximate surface area is 145 Å². The van der Waals surface area contributed by atoms with E-state index in [4.69, 9.17) is 4.98 Å². The topological polar surface area (TPSA) is 82.6 Å². The van der Waals surface area contributed by atoms with Crippen molar-refractivity contribution in [2.45, 2.75) is 37.6 Å². The van der Waals surface area contributed by atoms with Crippen molar-refractivity contribution in [3.8, 4) is 0 Å². The molecular formula is C18H21N7. The van der Waals surface area contributed by atoms with Crippen LogP contribution in [0.15, 0.2) is 30.6 Å². The Morgan fingerprint density at radius 3 is 2.72 bits per heavy atom. The van der Waals surface area contributed by atoms with Crippen molar-refractivity contribution >= 4 is 22.7 Å². The molecule has 1 saturated carbocycles. The van der Waals surface area contributed by atoms with Crippen LogP contribution in [0, 0.1) is 0 Å². The highest BCUT2D eigenvalue weighted by atomic mass is 15.3. The van der Waals surface area contributed by atoms with Crippen LogP contribution >= 0.6 is 0 Å². The molecule has 0 unspecified atom stereocenters. The van der Waals surface area contributed by atoms with E-state index in [0.29, 0.717) is 12.0 Å². The molecule has 25 heavy (non-hydrogen) atoms. The lowest BCUT2D eigenvalue weighted by atomic mass is 10.0. The Hall–Kier alpha value is -2.70. The van der Waals surface area contributed by atoms with E-state index in [2.05, 4.69) is 36.4 Å². The number of anilines is 2. The summed E-state index contributed by atoms with van der Waals surface area (Å²) in [5, 5.41) is 12.9. The van der Waals surface area contributed by atoms with Gasteiger partial charge in [0, 0.05) is 37.4 Å². The van der Waals surface area contributed by atoms with Crippen molar-refractivity contribution in [1.82, 2.24) is 25.1 Å². The Kier molecular flexibility index (Phi) is 3.50. The average Bonchev–Trinajstić information content (AvgIpc) is 3.41. The first-order chi connectivity index (χ1) is 12.4. The van der Waals surface area contributed by atoms with Gasteiger partial charge in [0.25, 0.3) is 0 Å². The molecule has 2 aliphatic rings. The van der Waals surface area contributed by atoms with E-state index in [1.807, 2.05) is 18.3 Å². The monoisotopic (exact) mass is 335 g/mol. The molecule has 2 N–H and O–H groups in total. The average molecular weight is 335 g/mol. The van der Waals surface area contributed by atoms with Crippen molar-refractivity contribution in [2.24, 2.45) is 0 Å². The molecule has 0 amide bonds. The minimum atomic E-state index is 0.424. The molecule has 4 heterocycles. The molecule has 7 heteroatoms. The highest BCUT2D eigenvalue weighted by molar-refractivity contribution is 5.87. The molecule has 0 aromatic carbocycles. The van der Waals surface area contributed by atoms with E-state index in [1.165, 1.54) is 12.8 Å². The summed E-state index contributed by atoms with van der Waals surface area (Å²) < 4.78 is 0. The van der Waals surface area contributed by atoms with Crippen LogP contribution in [-0.4, -0.2) is 44.3 Å². The van der Waals surface area contributed by atoms with Gasteiger partial charge < -0.3 is 15.2 Å². The molecule has 1 aliphatic heterocycles. The van der Waals surface area contributed by atoms with E-state index >= 15 is 0 Å². The van der Waals surface area contributed by atoms with Crippen LogP contribution in [0.3, 0.4) is 0 Å². The molecule has 1 saturated heterocycles. The number of fused-ring (bicyclic) bond motifs is 1.